The Kier molecular flexibility index (Phi) is 10.7. The molecule has 0 spiro atoms. The number of aryl methyl sites for hydroxylation is 1. The van der Waals surface area contributed by atoms with Gasteiger partial charge in [0, 0.05) is 37.1 Å². The highest BCUT2D eigenvalue weighted by Gasteiger charge is 2.51. The number of esters is 3. The maximum atomic E-state index is 14.0. The highest BCUT2D eigenvalue weighted by Crippen LogP contribution is 2.39. The van der Waals surface area contributed by atoms with Gasteiger partial charge >= 0.3 is 17.9 Å². The van der Waals surface area contributed by atoms with Crippen molar-refractivity contribution in [3.05, 3.63) is 70.6 Å². The molecule has 0 radical (unpaired) electrons. The molecule has 0 bridgehead atoms. The van der Waals surface area contributed by atoms with Crippen LogP contribution in [0.15, 0.2) is 42.6 Å². The van der Waals surface area contributed by atoms with E-state index in [-0.39, 0.29) is 17.9 Å². The second kappa shape index (κ2) is 14.2. The number of thioether (sulfide) groups is 1. The normalized spacial score (nSPS) is 21.7. The van der Waals surface area contributed by atoms with Gasteiger partial charge in [-0.1, -0.05) is 35.0 Å². The number of aromatic nitrogens is 3. The minimum Gasteiger partial charge on any atom is -0.463 e. The van der Waals surface area contributed by atoms with Gasteiger partial charge in [0.15, 0.2) is 29.7 Å². The SMILES string of the molecule is CC(=O)OCC1O[C@H](SCCc2ccccc2Cl)C(OC(C)=O)C(n2cc(-c3cc(F)c(F)c(F)c3)nn2)[C@H]1OC(C)=O. The number of hydrogen-bond donors (Lipinski definition) is 0. The minimum atomic E-state index is -1.64. The molecule has 2 heterocycles. The summed E-state index contributed by atoms with van der Waals surface area (Å²) in [5.74, 6) is -6.07. The van der Waals surface area contributed by atoms with Crippen LogP contribution in [0.4, 0.5) is 13.2 Å². The lowest BCUT2D eigenvalue weighted by Crippen LogP contribution is -2.58. The molecule has 3 aromatic rings. The Bertz CT molecular complexity index is 1470. The fourth-order valence-electron chi connectivity index (χ4n) is 4.56. The Morgan fingerprint density at radius 2 is 1.65 bits per heavy atom. The zero-order valence-electron chi connectivity index (χ0n) is 23.2. The molecule has 2 aromatic carbocycles. The summed E-state index contributed by atoms with van der Waals surface area (Å²) in [5.41, 5.74) is -0.184. The molecule has 0 aliphatic carbocycles. The zero-order chi connectivity index (χ0) is 31.3. The molecular formula is C28H27ClF3N3O7S. The van der Waals surface area contributed by atoms with Gasteiger partial charge < -0.3 is 18.9 Å². The molecule has 1 aromatic heterocycles. The molecule has 1 aliphatic rings. The van der Waals surface area contributed by atoms with Gasteiger partial charge in [-0.3, -0.25) is 14.4 Å². The van der Waals surface area contributed by atoms with Gasteiger partial charge in [-0.25, -0.2) is 17.9 Å². The van der Waals surface area contributed by atoms with Crippen LogP contribution in [0, 0.1) is 17.5 Å². The summed E-state index contributed by atoms with van der Waals surface area (Å²) in [6.07, 6.45) is -1.60. The molecule has 3 unspecified atom stereocenters. The Morgan fingerprint density at radius 3 is 2.28 bits per heavy atom. The fraction of sp³-hybridized carbons (Fsp3) is 0.393. The lowest BCUT2D eigenvalue weighted by atomic mass is 9.96. The Morgan fingerprint density at radius 1 is 1.00 bits per heavy atom. The Hall–Kier alpha value is -3.62. The second-order valence-electron chi connectivity index (χ2n) is 9.53. The van der Waals surface area contributed by atoms with Gasteiger partial charge in [0.25, 0.3) is 0 Å². The molecule has 10 nitrogen and oxygen atoms in total. The van der Waals surface area contributed by atoms with Gasteiger partial charge in [0.2, 0.25) is 0 Å². The Balaban J connectivity index is 1.73. The van der Waals surface area contributed by atoms with E-state index in [1.807, 2.05) is 12.1 Å². The van der Waals surface area contributed by atoms with Gasteiger partial charge in [0.1, 0.15) is 29.9 Å². The highest BCUT2D eigenvalue weighted by atomic mass is 35.5. The molecule has 230 valence electrons. The van der Waals surface area contributed by atoms with Gasteiger partial charge in [-0.15, -0.1) is 16.9 Å². The van der Waals surface area contributed by atoms with Crippen LogP contribution in [-0.2, 0) is 39.8 Å². The standard InChI is InChI=1S/C28H27ClF3N3O7S/c1-14(36)39-13-23-26(40-15(2)37)25(35-12-22(33-34-35)18-10-20(30)24(32)21(31)11-18)27(41-16(3)38)28(42-23)43-9-8-17-6-4-5-7-19(17)29/h4-7,10-12,23,25-28H,8-9,13H2,1-3H3/t23?,25?,26-,27?,28+/m0/s1. The number of rotatable bonds is 10. The van der Waals surface area contributed by atoms with E-state index in [9.17, 15) is 27.6 Å². The fourth-order valence-corrected chi connectivity index (χ4v) is 5.99. The molecule has 1 saturated heterocycles. The maximum absolute atomic E-state index is 14.0. The summed E-state index contributed by atoms with van der Waals surface area (Å²) in [4.78, 5) is 36.2. The van der Waals surface area contributed by atoms with E-state index >= 15 is 0 Å². The van der Waals surface area contributed by atoms with Crippen molar-refractivity contribution >= 4 is 41.3 Å². The summed E-state index contributed by atoms with van der Waals surface area (Å²) >= 11 is 7.57. The largest absolute Gasteiger partial charge is 0.463 e. The van der Waals surface area contributed by atoms with E-state index in [0.717, 1.165) is 24.6 Å². The lowest BCUT2D eigenvalue weighted by molar-refractivity contribution is -0.212. The number of carbonyl (C=O) groups excluding carboxylic acids is 3. The van der Waals surface area contributed by atoms with E-state index in [1.54, 1.807) is 12.1 Å². The van der Waals surface area contributed by atoms with Crippen molar-refractivity contribution in [2.45, 2.75) is 57.0 Å². The minimum absolute atomic E-state index is 0.0492. The number of nitrogens with zero attached hydrogens (tertiary/aromatic N) is 3. The first-order valence-corrected chi connectivity index (χ1v) is 14.4. The van der Waals surface area contributed by atoms with Crippen LogP contribution in [0.5, 0.6) is 0 Å². The van der Waals surface area contributed by atoms with E-state index < -0.39 is 65.1 Å². The maximum Gasteiger partial charge on any atom is 0.303 e. The quantitative estimate of drug-likeness (QED) is 0.175. The first kappa shape index (κ1) is 32.3. The van der Waals surface area contributed by atoms with Crippen LogP contribution in [0.3, 0.4) is 0 Å². The molecule has 0 amide bonds. The number of halogens is 4. The lowest BCUT2D eigenvalue weighted by Gasteiger charge is -2.44. The highest BCUT2D eigenvalue weighted by molar-refractivity contribution is 7.99. The van der Waals surface area contributed by atoms with Gasteiger partial charge in [0.05, 0.1) is 6.20 Å². The summed E-state index contributed by atoms with van der Waals surface area (Å²) < 4.78 is 65.4. The molecule has 1 fully saturated rings. The monoisotopic (exact) mass is 641 g/mol. The van der Waals surface area contributed by atoms with Crippen molar-refractivity contribution in [2.75, 3.05) is 12.4 Å². The summed E-state index contributed by atoms with van der Waals surface area (Å²) in [6.45, 7) is 3.21. The molecule has 0 saturated carbocycles. The zero-order valence-corrected chi connectivity index (χ0v) is 24.7. The van der Waals surface area contributed by atoms with Crippen LogP contribution in [0.25, 0.3) is 11.3 Å². The molecule has 43 heavy (non-hydrogen) atoms. The van der Waals surface area contributed by atoms with E-state index in [2.05, 4.69) is 10.3 Å². The van der Waals surface area contributed by atoms with Crippen molar-refractivity contribution in [1.82, 2.24) is 15.0 Å². The summed E-state index contributed by atoms with van der Waals surface area (Å²) in [7, 11) is 0. The first-order valence-electron chi connectivity index (χ1n) is 13.0. The van der Waals surface area contributed by atoms with Gasteiger partial charge in [-0.05, 0) is 30.2 Å². The van der Waals surface area contributed by atoms with Crippen molar-refractivity contribution in [2.24, 2.45) is 0 Å². The smallest absolute Gasteiger partial charge is 0.303 e. The van der Waals surface area contributed by atoms with Crippen molar-refractivity contribution < 1.29 is 46.5 Å². The molecule has 4 rings (SSSR count). The number of benzene rings is 2. The molecular weight excluding hydrogens is 615 g/mol. The van der Waals surface area contributed by atoms with Crippen LogP contribution in [0.1, 0.15) is 32.4 Å². The molecule has 15 heteroatoms. The number of carbonyl (C=O) groups is 3. The van der Waals surface area contributed by atoms with E-state index in [0.29, 0.717) is 17.2 Å². The topological polar surface area (TPSA) is 119 Å². The van der Waals surface area contributed by atoms with Crippen LogP contribution in [0.2, 0.25) is 5.02 Å². The second-order valence-corrected chi connectivity index (χ2v) is 11.1. The van der Waals surface area contributed by atoms with Crippen LogP contribution in [-0.4, -0.2) is 69.0 Å². The average Bonchev–Trinajstić information content (AvgIpc) is 3.42. The van der Waals surface area contributed by atoms with Crippen molar-refractivity contribution in [3.63, 3.8) is 0 Å². The first-order chi connectivity index (χ1) is 20.4. The van der Waals surface area contributed by atoms with Crippen LogP contribution < -0.4 is 0 Å². The third-order valence-electron chi connectivity index (χ3n) is 6.38. The number of ether oxygens (including phenoxy) is 4. The van der Waals surface area contributed by atoms with E-state index in [4.69, 9.17) is 30.5 Å². The summed E-state index contributed by atoms with van der Waals surface area (Å²) in [5, 5.41) is 8.61. The van der Waals surface area contributed by atoms with Crippen molar-refractivity contribution in [3.8, 4) is 11.3 Å². The van der Waals surface area contributed by atoms with Crippen molar-refractivity contribution in [1.29, 1.82) is 0 Å². The number of hydrogen-bond acceptors (Lipinski definition) is 10. The van der Waals surface area contributed by atoms with Gasteiger partial charge in [-0.2, -0.15) is 0 Å². The van der Waals surface area contributed by atoms with Crippen LogP contribution >= 0.6 is 23.4 Å². The third kappa shape index (κ3) is 8.06. The molecule has 0 N–H and O–H groups in total. The molecule has 5 atom stereocenters. The van der Waals surface area contributed by atoms with E-state index in [1.165, 1.54) is 36.5 Å². The molecule has 1 aliphatic heterocycles. The Labute approximate surface area is 253 Å². The summed E-state index contributed by atoms with van der Waals surface area (Å²) in [6, 6.07) is 7.69. The predicted molar refractivity (Wildman–Crippen MR) is 148 cm³/mol. The third-order valence-corrected chi connectivity index (χ3v) is 7.89. The predicted octanol–water partition coefficient (Wildman–Crippen LogP) is 4.68. The average molecular weight is 642 g/mol.